The van der Waals surface area contributed by atoms with E-state index in [9.17, 15) is 14.4 Å². The molecule has 2 aromatic carbocycles. The quantitative estimate of drug-likeness (QED) is 0.510. The van der Waals surface area contributed by atoms with Crippen LogP contribution in [0.15, 0.2) is 48.5 Å². The number of carbonyl (C=O) groups excluding carboxylic acids is 3. The molecule has 0 aromatic heterocycles. The van der Waals surface area contributed by atoms with E-state index in [1.807, 2.05) is 6.92 Å². The summed E-state index contributed by atoms with van der Waals surface area (Å²) in [5.41, 5.74) is 1.02. The molecule has 7 nitrogen and oxygen atoms in total. The molecule has 0 saturated carbocycles. The van der Waals surface area contributed by atoms with Crippen molar-refractivity contribution in [3.63, 3.8) is 0 Å². The first-order valence-corrected chi connectivity index (χ1v) is 9.74. The molecule has 1 fully saturated rings. The van der Waals surface area contributed by atoms with Crippen molar-refractivity contribution in [1.29, 1.82) is 0 Å². The Balaban J connectivity index is 1.49. The van der Waals surface area contributed by atoms with Crippen LogP contribution in [-0.2, 0) is 9.59 Å². The molecule has 3 rings (SSSR count). The maximum atomic E-state index is 12.6. The molecule has 3 amide bonds. The first-order valence-electron chi connectivity index (χ1n) is 9.36. The van der Waals surface area contributed by atoms with Crippen molar-refractivity contribution in [2.45, 2.75) is 19.4 Å². The Labute approximate surface area is 174 Å². The summed E-state index contributed by atoms with van der Waals surface area (Å²) in [6, 6.07) is 12.8. The van der Waals surface area contributed by atoms with Crippen LogP contribution in [0.1, 0.15) is 23.7 Å². The van der Waals surface area contributed by atoms with Gasteiger partial charge in [0, 0.05) is 23.7 Å². The third-order valence-electron chi connectivity index (χ3n) is 4.46. The molecule has 1 unspecified atom stereocenters. The van der Waals surface area contributed by atoms with E-state index >= 15 is 0 Å². The monoisotopic (exact) mass is 415 g/mol. The number of carbonyl (C=O) groups is 3. The molecule has 152 valence electrons. The number of ether oxygens (including phenoxy) is 1. The third kappa shape index (κ3) is 5.13. The van der Waals surface area contributed by atoms with Gasteiger partial charge in [-0.15, -0.1) is 0 Å². The summed E-state index contributed by atoms with van der Waals surface area (Å²) in [5, 5.41) is 6.36. The number of benzene rings is 2. The van der Waals surface area contributed by atoms with Crippen LogP contribution in [0.2, 0.25) is 5.02 Å². The van der Waals surface area contributed by atoms with Crippen LogP contribution >= 0.6 is 11.6 Å². The van der Waals surface area contributed by atoms with Gasteiger partial charge in [-0.25, -0.2) is 4.90 Å². The molecule has 1 aliphatic heterocycles. The van der Waals surface area contributed by atoms with Gasteiger partial charge in [-0.2, -0.15) is 0 Å². The average molecular weight is 416 g/mol. The van der Waals surface area contributed by atoms with Crippen molar-refractivity contribution in [3.05, 3.63) is 59.1 Å². The lowest BCUT2D eigenvalue weighted by Crippen LogP contribution is -2.42. The van der Waals surface area contributed by atoms with Gasteiger partial charge in [0.1, 0.15) is 5.75 Å². The molecule has 1 heterocycles. The zero-order chi connectivity index (χ0) is 20.8. The molecule has 0 spiro atoms. The summed E-state index contributed by atoms with van der Waals surface area (Å²) in [6.45, 7) is 3.11. The number of nitrogens with one attached hydrogen (secondary N) is 2. The van der Waals surface area contributed by atoms with Gasteiger partial charge in [-0.3, -0.25) is 14.4 Å². The van der Waals surface area contributed by atoms with Crippen molar-refractivity contribution < 1.29 is 19.1 Å². The van der Waals surface area contributed by atoms with Crippen molar-refractivity contribution in [2.24, 2.45) is 0 Å². The van der Waals surface area contributed by atoms with Gasteiger partial charge >= 0.3 is 0 Å². The van der Waals surface area contributed by atoms with Crippen LogP contribution in [0.3, 0.4) is 0 Å². The highest BCUT2D eigenvalue weighted by atomic mass is 35.5. The second-order valence-electron chi connectivity index (χ2n) is 6.47. The lowest BCUT2D eigenvalue weighted by Gasteiger charge is -2.16. The molecule has 1 aliphatic rings. The SMILES string of the molecule is CCOc1ccc(N2C(=O)CC(NCCNC(=O)c3ccc(Cl)cc3)C2=O)cc1. The number of hydrogen-bond donors (Lipinski definition) is 2. The molecule has 2 N–H and O–H groups in total. The van der Waals surface area contributed by atoms with E-state index in [2.05, 4.69) is 10.6 Å². The summed E-state index contributed by atoms with van der Waals surface area (Å²) >= 11 is 5.81. The first-order chi connectivity index (χ1) is 14.0. The summed E-state index contributed by atoms with van der Waals surface area (Å²) < 4.78 is 5.38. The predicted molar refractivity (Wildman–Crippen MR) is 110 cm³/mol. The summed E-state index contributed by atoms with van der Waals surface area (Å²) in [5.74, 6) is -0.111. The number of imide groups is 1. The molecule has 1 atom stereocenters. The fourth-order valence-corrected chi connectivity index (χ4v) is 3.17. The Bertz CT molecular complexity index is 884. The third-order valence-corrected chi connectivity index (χ3v) is 4.71. The van der Waals surface area contributed by atoms with E-state index in [0.29, 0.717) is 41.7 Å². The largest absolute Gasteiger partial charge is 0.494 e. The molecule has 8 heteroatoms. The number of hydrogen-bond acceptors (Lipinski definition) is 5. The second-order valence-corrected chi connectivity index (χ2v) is 6.90. The van der Waals surface area contributed by atoms with Crippen LogP contribution < -0.4 is 20.3 Å². The maximum absolute atomic E-state index is 12.6. The van der Waals surface area contributed by atoms with E-state index in [4.69, 9.17) is 16.3 Å². The number of anilines is 1. The van der Waals surface area contributed by atoms with Gasteiger partial charge in [0.05, 0.1) is 24.8 Å². The Kier molecular flexibility index (Phi) is 6.85. The zero-order valence-electron chi connectivity index (χ0n) is 16.0. The molecule has 2 aromatic rings. The van der Waals surface area contributed by atoms with Gasteiger partial charge < -0.3 is 15.4 Å². The molecule has 0 aliphatic carbocycles. The smallest absolute Gasteiger partial charge is 0.251 e. The van der Waals surface area contributed by atoms with Crippen molar-refractivity contribution in [1.82, 2.24) is 10.6 Å². The molecular weight excluding hydrogens is 394 g/mol. The zero-order valence-corrected chi connectivity index (χ0v) is 16.7. The standard InChI is InChI=1S/C21H22ClN3O4/c1-2-29-17-9-7-16(8-10-17)25-19(26)13-18(21(25)28)23-11-12-24-20(27)14-3-5-15(22)6-4-14/h3-10,18,23H,2,11-13H2,1H3,(H,24,27). The summed E-state index contributed by atoms with van der Waals surface area (Å²) in [7, 11) is 0. The highest BCUT2D eigenvalue weighted by molar-refractivity contribution is 6.30. The highest BCUT2D eigenvalue weighted by Gasteiger charge is 2.39. The van der Waals surface area contributed by atoms with E-state index in [-0.39, 0.29) is 24.1 Å². The number of rotatable bonds is 8. The Morgan fingerprint density at radius 2 is 1.79 bits per heavy atom. The molecule has 29 heavy (non-hydrogen) atoms. The Hall–Kier alpha value is -2.90. The van der Waals surface area contributed by atoms with Crippen LogP contribution in [0.4, 0.5) is 5.69 Å². The van der Waals surface area contributed by atoms with E-state index in [1.165, 1.54) is 4.90 Å². The molecule has 0 radical (unpaired) electrons. The van der Waals surface area contributed by atoms with Crippen LogP contribution in [0.25, 0.3) is 0 Å². The maximum Gasteiger partial charge on any atom is 0.251 e. The van der Waals surface area contributed by atoms with Crippen LogP contribution in [0.5, 0.6) is 5.75 Å². The van der Waals surface area contributed by atoms with E-state index in [0.717, 1.165) is 0 Å². The highest BCUT2D eigenvalue weighted by Crippen LogP contribution is 2.25. The van der Waals surface area contributed by atoms with Crippen molar-refractivity contribution in [2.75, 3.05) is 24.6 Å². The van der Waals surface area contributed by atoms with E-state index < -0.39 is 6.04 Å². The topological polar surface area (TPSA) is 87.7 Å². The number of halogens is 1. The van der Waals surface area contributed by atoms with Crippen molar-refractivity contribution >= 4 is 35.0 Å². The molecule has 1 saturated heterocycles. The molecular formula is C21H22ClN3O4. The van der Waals surface area contributed by atoms with Gasteiger partial charge in [0.2, 0.25) is 5.91 Å². The summed E-state index contributed by atoms with van der Waals surface area (Å²) in [6.07, 6.45) is 0.0805. The van der Waals surface area contributed by atoms with E-state index in [1.54, 1.807) is 48.5 Å². The van der Waals surface area contributed by atoms with Crippen LogP contribution in [0, 0.1) is 0 Å². The molecule has 0 bridgehead atoms. The van der Waals surface area contributed by atoms with Gasteiger partial charge in [0.15, 0.2) is 0 Å². The van der Waals surface area contributed by atoms with Crippen molar-refractivity contribution in [3.8, 4) is 5.75 Å². The normalized spacial score (nSPS) is 16.2. The minimum Gasteiger partial charge on any atom is -0.494 e. The van der Waals surface area contributed by atoms with Crippen LogP contribution in [-0.4, -0.2) is 43.5 Å². The first kappa shape index (κ1) is 20.8. The summed E-state index contributed by atoms with van der Waals surface area (Å²) in [4.78, 5) is 38.2. The van der Waals surface area contributed by atoms with Gasteiger partial charge in [-0.1, -0.05) is 11.6 Å². The number of amides is 3. The Morgan fingerprint density at radius 3 is 2.45 bits per heavy atom. The Morgan fingerprint density at radius 1 is 1.10 bits per heavy atom. The minimum atomic E-state index is -0.610. The van der Waals surface area contributed by atoms with Gasteiger partial charge in [0.25, 0.3) is 11.8 Å². The predicted octanol–water partition coefficient (Wildman–Crippen LogP) is 2.39. The minimum absolute atomic E-state index is 0.0805. The average Bonchev–Trinajstić information content (AvgIpc) is 3.00. The van der Waals surface area contributed by atoms with Gasteiger partial charge in [-0.05, 0) is 55.5 Å². The lowest BCUT2D eigenvalue weighted by atomic mass is 10.2. The fourth-order valence-electron chi connectivity index (χ4n) is 3.05. The number of nitrogens with zero attached hydrogens (tertiary/aromatic N) is 1. The lowest BCUT2D eigenvalue weighted by molar-refractivity contribution is -0.121. The second kappa shape index (κ2) is 9.54. The fraction of sp³-hybridized carbons (Fsp3) is 0.286.